The van der Waals surface area contributed by atoms with Crippen LogP contribution in [0.15, 0.2) is 36.7 Å². The van der Waals surface area contributed by atoms with Crippen molar-refractivity contribution in [3.8, 4) is 5.88 Å². The summed E-state index contributed by atoms with van der Waals surface area (Å²) < 4.78 is 5.85. The molecule has 0 atom stereocenters. The van der Waals surface area contributed by atoms with Crippen LogP contribution < -0.4 is 9.64 Å². The topological polar surface area (TPSA) is 81.4 Å². The highest BCUT2D eigenvalue weighted by Crippen LogP contribution is 2.37. The molecule has 1 aromatic carbocycles. The number of ether oxygens (including phenoxy) is 1. The van der Waals surface area contributed by atoms with Crippen molar-refractivity contribution in [2.45, 2.75) is 38.2 Å². The van der Waals surface area contributed by atoms with Crippen LogP contribution in [-0.2, 0) is 0 Å². The van der Waals surface area contributed by atoms with E-state index < -0.39 is 4.92 Å². The van der Waals surface area contributed by atoms with Crippen LogP contribution in [0.4, 0.5) is 17.2 Å². The number of nitro groups is 1. The smallest absolute Gasteiger partial charge is 0.373 e. The number of anilines is 2. The van der Waals surface area contributed by atoms with Crippen molar-refractivity contribution >= 4 is 17.2 Å². The van der Waals surface area contributed by atoms with Crippen molar-refractivity contribution in [1.82, 2.24) is 9.97 Å². The van der Waals surface area contributed by atoms with Gasteiger partial charge in [-0.05, 0) is 37.8 Å². The Bertz CT molecular complexity index is 702. The molecule has 126 valence electrons. The molecule has 1 saturated carbocycles. The molecule has 7 heteroatoms. The fourth-order valence-corrected chi connectivity index (χ4v) is 2.96. The Morgan fingerprint density at radius 2 is 1.88 bits per heavy atom. The lowest BCUT2D eigenvalue weighted by atomic mass is 9.98. The molecule has 7 nitrogen and oxygen atoms in total. The predicted octanol–water partition coefficient (Wildman–Crippen LogP) is 3.86. The monoisotopic (exact) mass is 328 g/mol. The van der Waals surface area contributed by atoms with Gasteiger partial charge in [-0.15, -0.1) is 0 Å². The minimum Gasteiger partial charge on any atom is -0.469 e. The van der Waals surface area contributed by atoms with Gasteiger partial charge in [-0.2, -0.15) is 4.98 Å². The second-order valence-corrected chi connectivity index (χ2v) is 5.88. The van der Waals surface area contributed by atoms with Crippen molar-refractivity contribution in [1.29, 1.82) is 0 Å². The maximum atomic E-state index is 11.6. The summed E-state index contributed by atoms with van der Waals surface area (Å²) in [5, 5.41) is 11.6. The number of para-hydroxylation sites is 1. The zero-order valence-corrected chi connectivity index (χ0v) is 13.6. The van der Waals surface area contributed by atoms with E-state index in [1.807, 2.05) is 30.3 Å². The first-order valence-electron chi connectivity index (χ1n) is 8.11. The van der Waals surface area contributed by atoms with Gasteiger partial charge < -0.3 is 9.64 Å². The minimum absolute atomic E-state index is 0.0118. The van der Waals surface area contributed by atoms with Crippen LogP contribution in [-0.4, -0.2) is 28.0 Å². The normalized spacial score (nSPS) is 15.0. The lowest BCUT2D eigenvalue weighted by Gasteiger charge is -2.23. The van der Waals surface area contributed by atoms with Crippen LogP contribution in [0.1, 0.15) is 32.1 Å². The summed E-state index contributed by atoms with van der Waals surface area (Å²) in [4.78, 5) is 21.0. The minimum atomic E-state index is -0.465. The third-order valence-corrected chi connectivity index (χ3v) is 4.24. The van der Waals surface area contributed by atoms with Crippen LogP contribution >= 0.6 is 0 Å². The molecule has 0 radical (unpaired) electrons. The van der Waals surface area contributed by atoms with E-state index in [1.165, 1.54) is 12.7 Å². The summed E-state index contributed by atoms with van der Waals surface area (Å²) in [6, 6.07) is 9.38. The average Bonchev–Trinajstić information content (AvgIpc) is 2.62. The molecule has 0 saturated heterocycles. The molecule has 0 amide bonds. The lowest BCUT2D eigenvalue weighted by molar-refractivity contribution is -0.385. The van der Waals surface area contributed by atoms with Gasteiger partial charge in [0.1, 0.15) is 12.4 Å². The quantitative estimate of drug-likeness (QED) is 0.612. The zero-order chi connectivity index (χ0) is 16.9. The molecular formula is C17H20N4O3. The highest BCUT2D eigenvalue weighted by molar-refractivity contribution is 5.70. The van der Waals surface area contributed by atoms with E-state index in [1.54, 1.807) is 11.9 Å². The number of hydrogen-bond acceptors (Lipinski definition) is 6. The Morgan fingerprint density at radius 1 is 1.17 bits per heavy atom. The fourth-order valence-electron chi connectivity index (χ4n) is 2.96. The van der Waals surface area contributed by atoms with Crippen molar-refractivity contribution in [2.24, 2.45) is 0 Å². The molecule has 0 N–H and O–H groups in total. The predicted molar refractivity (Wildman–Crippen MR) is 90.7 cm³/mol. The molecule has 0 aliphatic heterocycles. The van der Waals surface area contributed by atoms with Crippen molar-refractivity contribution < 1.29 is 9.66 Å². The third kappa shape index (κ3) is 3.45. The van der Waals surface area contributed by atoms with E-state index in [0.717, 1.165) is 31.4 Å². The van der Waals surface area contributed by atoms with Crippen LogP contribution in [0.25, 0.3) is 0 Å². The van der Waals surface area contributed by atoms with E-state index in [-0.39, 0.29) is 23.5 Å². The molecule has 1 aromatic heterocycles. The van der Waals surface area contributed by atoms with E-state index in [4.69, 9.17) is 4.74 Å². The Balaban J connectivity index is 1.94. The van der Waals surface area contributed by atoms with Crippen LogP contribution in [0, 0.1) is 10.1 Å². The summed E-state index contributed by atoms with van der Waals surface area (Å²) in [7, 11) is 1.75. The fraction of sp³-hybridized carbons (Fsp3) is 0.412. The van der Waals surface area contributed by atoms with E-state index in [9.17, 15) is 10.1 Å². The first-order chi connectivity index (χ1) is 11.7. The molecule has 0 spiro atoms. The molecule has 1 fully saturated rings. The van der Waals surface area contributed by atoms with Crippen LogP contribution in [0.5, 0.6) is 5.88 Å². The molecular weight excluding hydrogens is 308 g/mol. The summed E-state index contributed by atoms with van der Waals surface area (Å²) in [5.74, 6) is 0.284. The maximum Gasteiger partial charge on any atom is 0.373 e. The molecule has 24 heavy (non-hydrogen) atoms. The number of rotatable bonds is 5. The van der Waals surface area contributed by atoms with Crippen molar-refractivity contribution in [3.05, 3.63) is 46.8 Å². The van der Waals surface area contributed by atoms with E-state index in [2.05, 4.69) is 9.97 Å². The van der Waals surface area contributed by atoms with Crippen LogP contribution in [0.3, 0.4) is 0 Å². The summed E-state index contributed by atoms with van der Waals surface area (Å²) in [6.45, 7) is 0. The molecule has 3 rings (SSSR count). The second-order valence-electron chi connectivity index (χ2n) is 5.88. The molecule has 1 aliphatic carbocycles. The van der Waals surface area contributed by atoms with Gasteiger partial charge in [-0.3, -0.25) is 10.1 Å². The number of aromatic nitrogens is 2. The second kappa shape index (κ2) is 7.25. The molecule has 2 aromatic rings. The first kappa shape index (κ1) is 16.2. The van der Waals surface area contributed by atoms with E-state index >= 15 is 0 Å². The Labute approximate surface area is 140 Å². The van der Waals surface area contributed by atoms with E-state index in [0.29, 0.717) is 0 Å². The zero-order valence-electron chi connectivity index (χ0n) is 13.6. The van der Waals surface area contributed by atoms with Gasteiger partial charge in [-0.25, -0.2) is 4.98 Å². The third-order valence-electron chi connectivity index (χ3n) is 4.24. The Kier molecular flexibility index (Phi) is 4.88. The molecule has 0 unspecified atom stereocenters. The van der Waals surface area contributed by atoms with Gasteiger partial charge in [0.05, 0.1) is 4.92 Å². The summed E-state index contributed by atoms with van der Waals surface area (Å²) in [5.41, 5.74) is 0.623. The number of benzene rings is 1. The number of hydrogen-bond donors (Lipinski definition) is 0. The highest BCUT2D eigenvalue weighted by Gasteiger charge is 2.29. The van der Waals surface area contributed by atoms with Gasteiger partial charge >= 0.3 is 5.69 Å². The van der Waals surface area contributed by atoms with Gasteiger partial charge in [0.25, 0.3) is 5.88 Å². The van der Waals surface area contributed by atoms with Crippen molar-refractivity contribution in [3.63, 3.8) is 0 Å². The van der Waals surface area contributed by atoms with Gasteiger partial charge in [-0.1, -0.05) is 24.6 Å². The first-order valence-corrected chi connectivity index (χ1v) is 8.11. The molecule has 1 heterocycles. The molecule has 1 aliphatic rings. The Hall–Kier alpha value is -2.70. The van der Waals surface area contributed by atoms with Gasteiger partial charge in [0.2, 0.25) is 5.82 Å². The van der Waals surface area contributed by atoms with Gasteiger partial charge in [0, 0.05) is 12.7 Å². The summed E-state index contributed by atoms with van der Waals surface area (Å²) >= 11 is 0. The van der Waals surface area contributed by atoms with Crippen molar-refractivity contribution in [2.75, 3.05) is 11.9 Å². The molecule has 0 bridgehead atoms. The Morgan fingerprint density at radius 3 is 2.54 bits per heavy atom. The average molecular weight is 328 g/mol. The SMILES string of the molecule is CN(c1ccccc1)c1ncnc(OC2CCCCC2)c1[N+](=O)[O-]. The standard InChI is InChI=1S/C17H20N4O3/c1-20(13-8-4-2-5-9-13)16-15(21(22)23)17(19-12-18-16)24-14-10-6-3-7-11-14/h2,4-5,8-9,12,14H,3,6-7,10-11H2,1H3. The largest absolute Gasteiger partial charge is 0.469 e. The van der Waals surface area contributed by atoms with Crippen LogP contribution in [0.2, 0.25) is 0 Å². The maximum absolute atomic E-state index is 11.6. The van der Waals surface area contributed by atoms with Gasteiger partial charge in [0.15, 0.2) is 0 Å². The highest BCUT2D eigenvalue weighted by atomic mass is 16.6. The number of nitrogens with zero attached hydrogens (tertiary/aromatic N) is 4. The summed E-state index contributed by atoms with van der Waals surface area (Å²) in [6.07, 6.45) is 6.48. The lowest BCUT2D eigenvalue weighted by Crippen LogP contribution is -2.22.